The minimum atomic E-state index is -0.585. The van der Waals surface area contributed by atoms with Crippen LogP contribution in [0.15, 0.2) is 11.8 Å². The summed E-state index contributed by atoms with van der Waals surface area (Å²) in [7, 11) is 0. The molecule has 2 N–H and O–H groups in total. The largest absolute Gasteiger partial charge is 0.512 e. The van der Waals surface area contributed by atoms with Crippen molar-refractivity contribution in [3.63, 3.8) is 0 Å². The lowest BCUT2D eigenvalue weighted by Gasteiger charge is -1.98. The van der Waals surface area contributed by atoms with Gasteiger partial charge in [-0.05, 0) is 6.92 Å². The van der Waals surface area contributed by atoms with E-state index in [-0.39, 0.29) is 19.0 Å². The first-order chi connectivity index (χ1) is 5.16. The van der Waals surface area contributed by atoms with Crippen LogP contribution in [-0.2, 0) is 9.53 Å². The fourth-order valence-electron chi connectivity index (χ4n) is 0.450. The van der Waals surface area contributed by atoms with Crippen molar-refractivity contribution in [2.24, 2.45) is 0 Å². The van der Waals surface area contributed by atoms with Gasteiger partial charge in [-0.25, -0.2) is 4.79 Å². The van der Waals surface area contributed by atoms with Crippen molar-refractivity contribution in [3.8, 4) is 0 Å². The van der Waals surface area contributed by atoms with Gasteiger partial charge in [-0.3, -0.25) is 0 Å². The standard InChI is InChI=1S/C7H12O4/c1-6(9)5-7(10)11-4-2-3-8/h5,8-9H,2-4H2,1H3/b6-5-. The normalized spacial score (nSPS) is 11.3. The summed E-state index contributed by atoms with van der Waals surface area (Å²) < 4.78 is 4.56. The van der Waals surface area contributed by atoms with Crippen LogP contribution >= 0.6 is 0 Å². The first-order valence-electron chi connectivity index (χ1n) is 3.31. The average molecular weight is 160 g/mol. The van der Waals surface area contributed by atoms with E-state index in [4.69, 9.17) is 10.2 Å². The molecule has 0 aliphatic carbocycles. The Morgan fingerprint density at radius 1 is 1.64 bits per heavy atom. The molecule has 0 unspecified atom stereocenters. The third-order valence-electron chi connectivity index (χ3n) is 0.874. The van der Waals surface area contributed by atoms with Gasteiger partial charge in [0.15, 0.2) is 0 Å². The van der Waals surface area contributed by atoms with Crippen molar-refractivity contribution in [2.75, 3.05) is 13.2 Å². The van der Waals surface area contributed by atoms with E-state index >= 15 is 0 Å². The molecule has 0 aromatic carbocycles. The van der Waals surface area contributed by atoms with E-state index in [1.54, 1.807) is 0 Å². The molecule has 11 heavy (non-hydrogen) atoms. The van der Waals surface area contributed by atoms with Crippen molar-refractivity contribution in [1.29, 1.82) is 0 Å². The van der Waals surface area contributed by atoms with Gasteiger partial charge in [0.05, 0.1) is 18.4 Å². The molecule has 0 atom stereocenters. The molecule has 0 saturated carbocycles. The molecular weight excluding hydrogens is 148 g/mol. The van der Waals surface area contributed by atoms with Crippen LogP contribution in [0.3, 0.4) is 0 Å². The van der Waals surface area contributed by atoms with Crippen LogP contribution in [0.2, 0.25) is 0 Å². The topological polar surface area (TPSA) is 66.8 Å². The number of ether oxygens (including phenoxy) is 1. The summed E-state index contributed by atoms with van der Waals surface area (Å²) in [5.74, 6) is -0.669. The Balaban J connectivity index is 3.46. The van der Waals surface area contributed by atoms with Crippen LogP contribution in [0, 0.1) is 0 Å². The summed E-state index contributed by atoms with van der Waals surface area (Å²) >= 11 is 0. The van der Waals surface area contributed by atoms with Gasteiger partial charge in [0, 0.05) is 13.0 Å². The van der Waals surface area contributed by atoms with Gasteiger partial charge >= 0.3 is 5.97 Å². The van der Waals surface area contributed by atoms with Crippen molar-refractivity contribution in [1.82, 2.24) is 0 Å². The maximum absolute atomic E-state index is 10.6. The molecule has 0 bridgehead atoms. The lowest BCUT2D eigenvalue weighted by atomic mass is 10.4. The van der Waals surface area contributed by atoms with Crippen molar-refractivity contribution in [2.45, 2.75) is 13.3 Å². The minimum Gasteiger partial charge on any atom is -0.512 e. The van der Waals surface area contributed by atoms with Gasteiger partial charge in [-0.1, -0.05) is 0 Å². The maximum Gasteiger partial charge on any atom is 0.334 e. The average Bonchev–Trinajstić information content (AvgIpc) is 1.86. The molecule has 0 aromatic heterocycles. The first-order valence-corrected chi connectivity index (χ1v) is 3.31. The quantitative estimate of drug-likeness (QED) is 0.270. The molecule has 0 aromatic rings. The molecule has 0 fully saturated rings. The number of aliphatic hydroxyl groups excluding tert-OH is 2. The van der Waals surface area contributed by atoms with E-state index in [2.05, 4.69) is 4.74 Å². The van der Waals surface area contributed by atoms with Gasteiger partial charge in [0.1, 0.15) is 0 Å². The van der Waals surface area contributed by atoms with Crippen molar-refractivity contribution < 1.29 is 19.7 Å². The fourth-order valence-corrected chi connectivity index (χ4v) is 0.450. The SMILES string of the molecule is C/C(O)=C/C(=O)OCCCO. The van der Waals surface area contributed by atoms with Crippen molar-refractivity contribution >= 4 is 5.97 Å². The fraction of sp³-hybridized carbons (Fsp3) is 0.571. The van der Waals surface area contributed by atoms with E-state index in [1.165, 1.54) is 6.92 Å². The molecule has 4 nitrogen and oxygen atoms in total. The zero-order chi connectivity index (χ0) is 8.69. The summed E-state index contributed by atoms with van der Waals surface area (Å²) in [5, 5.41) is 16.9. The van der Waals surface area contributed by atoms with Gasteiger partial charge in [-0.15, -0.1) is 0 Å². The molecule has 0 heterocycles. The van der Waals surface area contributed by atoms with E-state index < -0.39 is 5.97 Å². The van der Waals surface area contributed by atoms with E-state index in [0.29, 0.717) is 6.42 Å². The summed E-state index contributed by atoms with van der Waals surface area (Å²) in [6.45, 7) is 1.56. The summed E-state index contributed by atoms with van der Waals surface area (Å²) in [4.78, 5) is 10.6. The van der Waals surface area contributed by atoms with E-state index in [0.717, 1.165) is 6.08 Å². The Kier molecular flexibility index (Phi) is 5.20. The molecule has 0 radical (unpaired) electrons. The number of aliphatic hydroxyl groups is 2. The summed E-state index contributed by atoms with van der Waals surface area (Å²) in [6, 6.07) is 0. The van der Waals surface area contributed by atoms with Crippen LogP contribution < -0.4 is 0 Å². The highest BCUT2D eigenvalue weighted by Crippen LogP contribution is 1.89. The molecule has 0 spiro atoms. The molecule has 0 amide bonds. The third-order valence-corrected chi connectivity index (χ3v) is 0.874. The Labute approximate surface area is 65.1 Å². The maximum atomic E-state index is 10.6. The van der Waals surface area contributed by atoms with Crippen LogP contribution in [0.25, 0.3) is 0 Å². The predicted molar refractivity (Wildman–Crippen MR) is 39.0 cm³/mol. The van der Waals surface area contributed by atoms with E-state index in [1.807, 2.05) is 0 Å². The smallest absolute Gasteiger partial charge is 0.334 e. The molecule has 0 rings (SSSR count). The monoisotopic (exact) mass is 160 g/mol. The Hall–Kier alpha value is -1.03. The van der Waals surface area contributed by atoms with Gasteiger partial charge in [-0.2, -0.15) is 0 Å². The molecular formula is C7H12O4. The van der Waals surface area contributed by atoms with E-state index in [9.17, 15) is 4.79 Å². The Morgan fingerprint density at radius 3 is 2.73 bits per heavy atom. The molecule has 0 aliphatic rings. The summed E-state index contributed by atoms with van der Waals surface area (Å²) in [5.41, 5.74) is 0. The van der Waals surface area contributed by atoms with Gasteiger partial charge < -0.3 is 14.9 Å². The lowest BCUT2D eigenvalue weighted by Crippen LogP contribution is -2.04. The first kappa shape index (κ1) is 9.97. The number of hydrogen-bond donors (Lipinski definition) is 2. The van der Waals surface area contributed by atoms with Crippen LogP contribution in [0.5, 0.6) is 0 Å². The number of carbonyl (C=O) groups excluding carboxylic acids is 1. The zero-order valence-corrected chi connectivity index (χ0v) is 6.41. The number of allylic oxidation sites excluding steroid dienone is 1. The zero-order valence-electron chi connectivity index (χ0n) is 6.41. The highest BCUT2D eigenvalue weighted by Gasteiger charge is 1.96. The molecule has 0 saturated heterocycles. The highest BCUT2D eigenvalue weighted by atomic mass is 16.5. The molecule has 64 valence electrons. The number of esters is 1. The second-order valence-electron chi connectivity index (χ2n) is 2.03. The Bertz CT molecular complexity index is 147. The van der Waals surface area contributed by atoms with Crippen LogP contribution in [0.4, 0.5) is 0 Å². The van der Waals surface area contributed by atoms with Crippen LogP contribution in [0.1, 0.15) is 13.3 Å². The van der Waals surface area contributed by atoms with Gasteiger partial charge in [0.2, 0.25) is 0 Å². The lowest BCUT2D eigenvalue weighted by molar-refractivity contribution is -0.138. The Morgan fingerprint density at radius 2 is 2.27 bits per heavy atom. The second kappa shape index (κ2) is 5.73. The van der Waals surface area contributed by atoms with Gasteiger partial charge in [0.25, 0.3) is 0 Å². The highest BCUT2D eigenvalue weighted by molar-refractivity contribution is 5.82. The minimum absolute atomic E-state index is 0.00486. The number of rotatable bonds is 4. The number of carbonyl (C=O) groups is 1. The molecule has 4 heteroatoms. The summed E-state index contributed by atoms with van der Waals surface area (Å²) in [6.07, 6.45) is 1.40. The second-order valence-corrected chi connectivity index (χ2v) is 2.03. The number of hydrogen-bond acceptors (Lipinski definition) is 4. The van der Waals surface area contributed by atoms with Crippen molar-refractivity contribution in [3.05, 3.63) is 11.8 Å². The van der Waals surface area contributed by atoms with Crippen LogP contribution in [-0.4, -0.2) is 29.4 Å². The third kappa shape index (κ3) is 6.86. The molecule has 0 aliphatic heterocycles. The predicted octanol–water partition coefficient (Wildman–Crippen LogP) is 0.374.